The standard InChI is InChI=1S/C24H19FO3/c25-22-12-10-18(26)14-21(22)23-19(15-5-2-1-3-6-15)8-4-7-16-13-17(24(27)28)9-11-20(16)23/h1-3,5-6,9-14,26H,4,7-8H2,(H,27,28). The molecule has 0 spiro atoms. The molecule has 0 bridgehead atoms. The van der Waals surface area contributed by atoms with Crippen LogP contribution in [0.15, 0.2) is 66.7 Å². The quantitative estimate of drug-likeness (QED) is 0.634. The third-order valence-corrected chi connectivity index (χ3v) is 5.14. The first-order valence-corrected chi connectivity index (χ1v) is 9.18. The van der Waals surface area contributed by atoms with Gasteiger partial charge in [0.2, 0.25) is 0 Å². The number of carboxylic acids is 1. The van der Waals surface area contributed by atoms with Crippen molar-refractivity contribution in [2.45, 2.75) is 19.3 Å². The lowest BCUT2D eigenvalue weighted by Gasteiger charge is -2.17. The van der Waals surface area contributed by atoms with Crippen molar-refractivity contribution in [3.05, 3.63) is 100 Å². The Bertz CT molecular complexity index is 1080. The first kappa shape index (κ1) is 18.0. The number of benzene rings is 3. The molecule has 28 heavy (non-hydrogen) atoms. The minimum Gasteiger partial charge on any atom is -0.508 e. The second-order valence-corrected chi connectivity index (χ2v) is 6.91. The molecule has 0 atom stereocenters. The van der Waals surface area contributed by atoms with E-state index in [0.717, 1.165) is 35.1 Å². The van der Waals surface area contributed by atoms with E-state index in [0.29, 0.717) is 17.6 Å². The highest BCUT2D eigenvalue weighted by molar-refractivity contribution is 6.01. The van der Waals surface area contributed by atoms with E-state index in [2.05, 4.69) is 0 Å². The fraction of sp³-hybridized carbons (Fsp3) is 0.125. The summed E-state index contributed by atoms with van der Waals surface area (Å²) < 4.78 is 14.8. The third kappa shape index (κ3) is 3.29. The molecule has 1 aliphatic carbocycles. The fourth-order valence-electron chi connectivity index (χ4n) is 3.86. The molecule has 0 heterocycles. The summed E-state index contributed by atoms with van der Waals surface area (Å²) in [5, 5.41) is 19.3. The van der Waals surface area contributed by atoms with E-state index in [1.807, 2.05) is 30.3 Å². The Balaban J connectivity index is 2.04. The van der Waals surface area contributed by atoms with Crippen LogP contribution in [-0.2, 0) is 6.42 Å². The molecule has 3 aromatic carbocycles. The van der Waals surface area contributed by atoms with Crippen LogP contribution in [0.3, 0.4) is 0 Å². The lowest BCUT2D eigenvalue weighted by atomic mass is 9.87. The molecule has 0 saturated heterocycles. The molecule has 3 nitrogen and oxygen atoms in total. The molecule has 0 aliphatic heterocycles. The topological polar surface area (TPSA) is 57.5 Å². The molecular weight excluding hydrogens is 355 g/mol. The maximum absolute atomic E-state index is 14.8. The first-order valence-electron chi connectivity index (χ1n) is 9.18. The van der Waals surface area contributed by atoms with Crippen molar-refractivity contribution >= 4 is 17.1 Å². The van der Waals surface area contributed by atoms with Crippen LogP contribution < -0.4 is 0 Å². The van der Waals surface area contributed by atoms with Gasteiger partial charge in [-0.15, -0.1) is 0 Å². The summed E-state index contributed by atoms with van der Waals surface area (Å²) in [5.41, 5.74) is 4.93. The number of allylic oxidation sites excluding steroid dienone is 1. The Morgan fingerprint density at radius 1 is 0.893 bits per heavy atom. The summed E-state index contributed by atoms with van der Waals surface area (Å²) in [6.45, 7) is 0. The van der Waals surface area contributed by atoms with E-state index in [4.69, 9.17) is 0 Å². The molecule has 2 N–H and O–H groups in total. The molecule has 0 amide bonds. The second kappa shape index (κ2) is 7.31. The largest absolute Gasteiger partial charge is 0.508 e. The number of fused-ring (bicyclic) bond motifs is 1. The van der Waals surface area contributed by atoms with Crippen LogP contribution in [0.2, 0.25) is 0 Å². The summed E-state index contributed by atoms with van der Waals surface area (Å²) in [6, 6.07) is 18.8. The predicted molar refractivity (Wildman–Crippen MR) is 107 cm³/mol. The van der Waals surface area contributed by atoms with Crippen LogP contribution in [0.1, 0.15) is 45.5 Å². The zero-order chi connectivity index (χ0) is 19.7. The van der Waals surface area contributed by atoms with Crippen molar-refractivity contribution in [2.24, 2.45) is 0 Å². The van der Waals surface area contributed by atoms with Crippen LogP contribution in [-0.4, -0.2) is 16.2 Å². The molecule has 0 saturated carbocycles. The molecule has 0 aromatic heterocycles. The minimum atomic E-state index is -0.982. The van der Waals surface area contributed by atoms with Crippen molar-refractivity contribution in [1.82, 2.24) is 0 Å². The van der Waals surface area contributed by atoms with Gasteiger partial charge < -0.3 is 10.2 Å². The maximum Gasteiger partial charge on any atom is 0.335 e. The Kier molecular flexibility index (Phi) is 4.70. The number of aromatic hydroxyl groups is 1. The van der Waals surface area contributed by atoms with Crippen molar-refractivity contribution < 1.29 is 19.4 Å². The number of hydrogen-bond acceptors (Lipinski definition) is 2. The minimum absolute atomic E-state index is 0.00994. The molecule has 1 aliphatic rings. The number of aryl methyl sites for hydroxylation is 1. The normalized spacial score (nSPS) is 13.8. The number of halogens is 1. The first-order chi connectivity index (χ1) is 13.5. The zero-order valence-electron chi connectivity index (χ0n) is 15.2. The summed E-state index contributed by atoms with van der Waals surface area (Å²) in [5.74, 6) is -1.41. The number of rotatable bonds is 3. The number of carboxylic acid groups (broad SMARTS) is 1. The van der Waals surface area contributed by atoms with E-state index in [1.54, 1.807) is 18.2 Å². The molecular formula is C24H19FO3. The van der Waals surface area contributed by atoms with Crippen molar-refractivity contribution in [3.8, 4) is 5.75 Å². The van der Waals surface area contributed by atoms with Gasteiger partial charge in [-0.2, -0.15) is 0 Å². The number of phenols is 1. The van der Waals surface area contributed by atoms with E-state index < -0.39 is 11.8 Å². The van der Waals surface area contributed by atoms with Crippen LogP contribution in [0.25, 0.3) is 11.1 Å². The van der Waals surface area contributed by atoms with E-state index in [1.165, 1.54) is 18.2 Å². The van der Waals surface area contributed by atoms with Crippen LogP contribution in [0, 0.1) is 5.82 Å². The third-order valence-electron chi connectivity index (χ3n) is 5.14. The van der Waals surface area contributed by atoms with Gasteiger partial charge in [-0.1, -0.05) is 36.4 Å². The Labute approximate surface area is 162 Å². The Morgan fingerprint density at radius 2 is 1.68 bits per heavy atom. The van der Waals surface area contributed by atoms with Gasteiger partial charge in [0.1, 0.15) is 11.6 Å². The van der Waals surface area contributed by atoms with E-state index in [9.17, 15) is 19.4 Å². The van der Waals surface area contributed by atoms with Gasteiger partial charge >= 0.3 is 5.97 Å². The molecule has 0 radical (unpaired) electrons. The number of hydrogen-bond donors (Lipinski definition) is 2. The smallest absolute Gasteiger partial charge is 0.335 e. The zero-order valence-corrected chi connectivity index (χ0v) is 15.2. The summed E-state index contributed by atoms with van der Waals surface area (Å²) in [7, 11) is 0. The molecule has 4 heteroatoms. The fourth-order valence-corrected chi connectivity index (χ4v) is 3.86. The van der Waals surface area contributed by atoms with Gasteiger partial charge in [0.25, 0.3) is 0 Å². The Hall–Kier alpha value is -3.40. The molecule has 140 valence electrons. The lowest BCUT2D eigenvalue weighted by molar-refractivity contribution is 0.0696. The number of carbonyl (C=O) groups is 1. The molecule has 0 fully saturated rings. The molecule has 0 unspecified atom stereocenters. The van der Waals surface area contributed by atoms with Gasteiger partial charge in [0.15, 0.2) is 0 Å². The van der Waals surface area contributed by atoms with Crippen LogP contribution >= 0.6 is 0 Å². The summed E-state index contributed by atoms with van der Waals surface area (Å²) >= 11 is 0. The number of aromatic carboxylic acids is 1. The average Bonchev–Trinajstić information content (AvgIpc) is 2.89. The van der Waals surface area contributed by atoms with Crippen LogP contribution in [0.4, 0.5) is 4.39 Å². The van der Waals surface area contributed by atoms with E-state index in [-0.39, 0.29) is 11.3 Å². The highest BCUT2D eigenvalue weighted by Crippen LogP contribution is 2.41. The van der Waals surface area contributed by atoms with Gasteiger partial charge in [-0.3, -0.25) is 0 Å². The van der Waals surface area contributed by atoms with Crippen molar-refractivity contribution in [1.29, 1.82) is 0 Å². The lowest BCUT2D eigenvalue weighted by Crippen LogP contribution is -2.02. The molecule has 4 rings (SSSR count). The highest BCUT2D eigenvalue weighted by Gasteiger charge is 2.23. The van der Waals surface area contributed by atoms with Crippen molar-refractivity contribution in [3.63, 3.8) is 0 Å². The average molecular weight is 374 g/mol. The SMILES string of the molecule is O=C(O)c1ccc2c(c1)CCCC(c1ccccc1)=C2c1cc(O)ccc1F. The van der Waals surface area contributed by atoms with E-state index >= 15 is 0 Å². The van der Waals surface area contributed by atoms with Crippen molar-refractivity contribution in [2.75, 3.05) is 0 Å². The summed E-state index contributed by atoms with van der Waals surface area (Å²) in [4.78, 5) is 11.4. The van der Waals surface area contributed by atoms with Gasteiger partial charge in [-0.05, 0) is 77.4 Å². The maximum atomic E-state index is 14.8. The second-order valence-electron chi connectivity index (χ2n) is 6.91. The Morgan fingerprint density at radius 3 is 2.43 bits per heavy atom. The van der Waals surface area contributed by atoms with Gasteiger partial charge in [0.05, 0.1) is 5.56 Å². The molecule has 3 aromatic rings. The number of phenolic OH excluding ortho intramolecular Hbond substituents is 1. The summed E-state index contributed by atoms with van der Waals surface area (Å²) in [6.07, 6.45) is 2.26. The van der Waals surface area contributed by atoms with Gasteiger partial charge in [-0.25, -0.2) is 9.18 Å². The highest BCUT2D eigenvalue weighted by atomic mass is 19.1. The monoisotopic (exact) mass is 374 g/mol. The van der Waals surface area contributed by atoms with Gasteiger partial charge in [0, 0.05) is 5.56 Å². The predicted octanol–water partition coefficient (Wildman–Crippen LogP) is 5.52. The van der Waals surface area contributed by atoms with Crippen LogP contribution in [0.5, 0.6) is 5.75 Å².